The number of rotatable bonds is 13. The van der Waals surface area contributed by atoms with E-state index in [1.165, 1.54) is 11.3 Å². The molecule has 0 spiro atoms. The third kappa shape index (κ3) is 9.28. The van der Waals surface area contributed by atoms with Crippen LogP contribution in [0.2, 0.25) is 0 Å². The van der Waals surface area contributed by atoms with Gasteiger partial charge in [-0.15, -0.1) is 11.3 Å². The molecule has 0 fully saturated rings. The quantitative estimate of drug-likeness (QED) is 0.257. The van der Waals surface area contributed by atoms with E-state index in [2.05, 4.69) is 20.9 Å². The molecule has 1 aromatic heterocycles. The van der Waals surface area contributed by atoms with Crippen molar-refractivity contribution in [3.8, 4) is 5.75 Å². The van der Waals surface area contributed by atoms with Crippen molar-refractivity contribution in [3.05, 3.63) is 52.2 Å². The predicted octanol–water partition coefficient (Wildman–Crippen LogP) is 3.04. The summed E-state index contributed by atoms with van der Waals surface area (Å²) in [6.07, 6.45) is 1.72. The van der Waals surface area contributed by atoms with E-state index in [-0.39, 0.29) is 5.91 Å². The second-order valence-electron chi connectivity index (χ2n) is 6.50. The van der Waals surface area contributed by atoms with Gasteiger partial charge in [-0.2, -0.15) is 0 Å². The Kier molecular flexibility index (Phi) is 11.4. The number of carbonyl (C=O) groups is 1. The summed E-state index contributed by atoms with van der Waals surface area (Å²) in [4.78, 5) is 17.4. The Morgan fingerprint density at radius 2 is 1.77 bits per heavy atom. The van der Waals surface area contributed by atoms with Crippen LogP contribution in [0.1, 0.15) is 35.0 Å². The summed E-state index contributed by atoms with van der Waals surface area (Å²) in [5.41, 5.74) is 1.11. The van der Waals surface area contributed by atoms with E-state index in [0.717, 1.165) is 54.7 Å². The Morgan fingerprint density at radius 3 is 2.43 bits per heavy atom. The molecule has 0 saturated carbocycles. The van der Waals surface area contributed by atoms with Crippen molar-refractivity contribution in [2.75, 3.05) is 40.0 Å². The van der Waals surface area contributed by atoms with Crippen LogP contribution in [0.3, 0.4) is 0 Å². The Morgan fingerprint density at radius 1 is 1.03 bits per heavy atom. The lowest BCUT2D eigenvalue weighted by Gasteiger charge is -2.13. The molecule has 0 bridgehead atoms. The normalized spacial score (nSPS) is 11.2. The second kappa shape index (κ2) is 14.4. The van der Waals surface area contributed by atoms with Crippen LogP contribution in [0.25, 0.3) is 0 Å². The van der Waals surface area contributed by atoms with E-state index < -0.39 is 0 Å². The minimum Gasteiger partial charge on any atom is -0.497 e. The number of hydrogen-bond acceptors (Lipinski definition) is 5. The van der Waals surface area contributed by atoms with Crippen molar-refractivity contribution in [2.24, 2.45) is 4.99 Å². The molecule has 1 heterocycles. The highest BCUT2D eigenvalue weighted by molar-refractivity contribution is 7.12. The summed E-state index contributed by atoms with van der Waals surface area (Å²) in [6, 6.07) is 11.6. The van der Waals surface area contributed by atoms with Crippen LogP contribution in [0.5, 0.6) is 5.75 Å². The minimum atomic E-state index is -0.0209. The summed E-state index contributed by atoms with van der Waals surface area (Å²) in [5.74, 6) is 1.57. The van der Waals surface area contributed by atoms with E-state index in [1.54, 1.807) is 7.11 Å². The molecule has 1 amide bonds. The van der Waals surface area contributed by atoms with Gasteiger partial charge in [0.1, 0.15) is 5.75 Å². The number of guanidine groups is 1. The molecular formula is C22H32N4O3S. The first kappa shape index (κ1) is 23.7. The zero-order valence-corrected chi connectivity index (χ0v) is 18.6. The third-order valence-electron chi connectivity index (χ3n) is 4.22. The van der Waals surface area contributed by atoms with E-state index >= 15 is 0 Å². The number of ether oxygens (including phenoxy) is 2. The minimum absolute atomic E-state index is 0.0209. The molecule has 30 heavy (non-hydrogen) atoms. The lowest BCUT2D eigenvalue weighted by molar-refractivity contribution is 0.0957. The van der Waals surface area contributed by atoms with Gasteiger partial charge in [0.05, 0.1) is 18.5 Å². The van der Waals surface area contributed by atoms with Crippen LogP contribution >= 0.6 is 11.3 Å². The molecule has 0 aliphatic heterocycles. The first-order valence-corrected chi connectivity index (χ1v) is 11.2. The van der Waals surface area contributed by atoms with Crippen LogP contribution in [-0.4, -0.2) is 51.8 Å². The van der Waals surface area contributed by atoms with Crippen molar-refractivity contribution in [1.82, 2.24) is 16.0 Å². The highest BCUT2D eigenvalue weighted by atomic mass is 32.1. The van der Waals surface area contributed by atoms with Gasteiger partial charge in [0.25, 0.3) is 5.91 Å². The van der Waals surface area contributed by atoms with Gasteiger partial charge < -0.3 is 25.4 Å². The van der Waals surface area contributed by atoms with Crippen LogP contribution in [0, 0.1) is 0 Å². The first-order chi connectivity index (χ1) is 14.7. The van der Waals surface area contributed by atoms with Crippen LogP contribution in [-0.2, 0) is 11.3 Å². The standard InChI is InChI=1S/C22H32N4O3S/c1-3-29-15-6-14-25-22(26-17-18-8-10-19(28-2)11-9-18)24-13-5-12-23-21(27)20-7-4-16-30-20/h4,7-11,16H,3,5-6,12-15,17H2,1-2H3,(H,23,27)(H2,24,25,26). The molecule has 0 aliphatic carbocycles. The van der Waals surface area contributed by atoms with Gasteiger partial charge in [-0.3, -0.25) is 4.79 Å². The number of carbonyl (C=O) groups excluding carboxylic acids is 1. The number of nitrogens with one attached hydrogen (secondary N) is 3. The molecule has 8 heteroatoms. The average molecular weight is 433 g/mol. The van der Waals surface area contributed by atoms with Gasteiger partial charge in [0, 0.05) is 32.8 Å². The SMILES string of the molecule is CCOCCCNC(=NCc1ccc(OC)cc1)NCCCNC(=O)c1cccs1. The molecule has 2 aromatic rings. The Hall–Kier alpha value is -2.58. The molecule has 0 radical (unpaired) electrons. The maximum absolute atomic E-state index is 12.0. The van der Waals surface area contributed by atoms with E-state index in [1.807, 2.05) is 48.7 Å². The summed E-state index contributed by atoms with van der Waals surface area (Å²) in [5, 5.41) is 11.5. The largest absolute Gasteiger partial charge is 0.497 e. The highest BCUT2D eigenvalue weighted by Gasteiger charge is 2.05. The van der Waals surface area contributed by atoms with Gasteiger partial charge in [-0.1, -0.05) is 18.2 Å². The Labute approximate surface area is 182 Å². The number of benzene rings is 1. The summed E-state index contributed by atoms with van der Waals surface area (Å²) >= 11 is 1.45. The molecule has 2 rings (SSSR count). The third-order valence-corrected chi connectivity index (χ3v) is 5.09. The number of methoxy groups -OCH3 is 1. The molecule has 0 saturated heterocycles. The topological polar surface area (TPSA) is 84.0 Å². The molecule has 3 N–H and O–H groups in total. The van der Waals surface area contributed by atoms with Crippen molar-refractivity contribution >= 4 is 23.2 Å². The monoisotopic (exact) mass is 432 g/mol. The van der Waals surface area contributed by atoms with E-state index in [0.29, 0.717) is 19.6 Å². The number of amides is 1. The number of hydrogen-bond donors (Lipinski definition) is 3. The molecule has 0 atom stereocenters. The lowest BCUT2D eigenvalue weighted by atomic mass is 10.2. The van der Waals surface area contributed by atoms with Crippen molar-refractivity contribution in [1.29, 1.82) is 0 Å². The summed E-state index contributed by atoms with van der Waals surface area (Å²) < 4.78 is 10.6. The Bertz CT molecular complexity index is 748. The zero-order valence-electron chi connectivity index (χ0n) is 17.8. The van der Waals surface area contributed by atoms with Gasteiger partial charge in [0.2, 0.25) is 0 Å². The predicted molar refractivity (Wildman–Crippen MR) is 123 cm³/mol. The zero-order chi connectivity index (χ0) is 21.4. The second-order valence-corrected chi connectivity index (χ2v) is 7.45. The summed E-state index contributed by atoms with van der Waals surface area (Å²) in [7, 11) is 1.66. The average Bonchev–Trinajstić information content (AvgIpc) is 3.32. The van der Waals surface area contributed by atoms with Crippen LogP contribution in [0.4, 0.5) is 0 Å². The first-order valence-electron chi connectivity index (χ1n) is 10.3. The fraction of sp³-hybridized carbons (Fsp3) is 0.455. The Balaban J connectivity index is 1.76. The van der Waals surface area contributed by atoms with E-state index in [4.69, 9.17) is 9.47 Å². The lowest BCUT2D eigenvalue weighted by Crippen LogP contribution is -2.39. The molecular weight excluding hydrogens is 400 g/mol. The molecule has 0 aliphatic rings. The van der Waals surface area contributed by atoms with Gasteiger partial charge >= 0.3 is 0 Å². The van der Waals surface area contributed by atoms with Crippen molar-refractivity contribution in [2.45, 2.75) is 26.3 Å². The smallest absolute Gasteiger partial charge is 0.261 e. The molecule has 164 valence electrons. The van der Waals surface area contributed by atoms with Crippen LogP contribution < -0.4 is 20.7 Å². The van der Waals surface area contributed by atoms with Crippen molar-refractivity contribution in [3.63, 3.8) is 0 Å². The van der Waals surface area contributed by atoms with Gasteiger partial charge in [-0.05, 0) is 48.9 Å². The highest BCUT2D eigenvalue weighted by Crippen LogP contribution is 2.11. The van der Waals surface area contributed by atoms with Crippen molar-refractivity contribution < 1.29 is 14.3 Å². The van der Waals surface area contributed by atoms with Gasteiger partial charge in [0.15, 0.2) is 5.96 Å². The van der Waals surface area contributed by atoms with Crippen LogP contribution in [0.15, 0.2) is 46.8 Å². The fourth-order valence-corrected chi connectivity index (χ4v) is 3.23. The number of aliphatic imine (C=N–C) groups is 1. The maximum atomic E-state index is 12.0. The van der Waals surface area contributed by atoms with E-state index in [9.17, 15) is 4.79 Å². The number of nitrogens with zero attached hydrogens (tertiary/aromatic N) is 1. The molecule has 1 aromatic carbocycles. The number of thiophene rings is 1. The maximum Gasteiger partial charge on any atom is 0.261 e. The molecule has 7 nitrogen and oxygen atoms in total. The molecule has 0 unspecified atom stereocenters. The fourth-order valence-electron chi connectivity index (χ4n) is 2.59. The summed E-state index contributed by atoms with van der Waals surface area (Å²) in [6.45, 7) is 6.12. The van der Waals surface area contributed by atoms with Gasteiger partial charge in [-0.25, -0.2) is 4.99 Å².